The van der Waals surface area contributed by atoms with Gasteiger partial charge in [-0.05, 0) is 25.1 Å². The fraction of sp³-hybridized carbons (Fsp3) is 0.0769. The molecule has 0 saturated heterocycles. The number of imidazole rings is 1. The van der Waals surface area contributed by atoms with Gasteiger partial charge in [-0.3, -0.25) is 4.79 Å². The molecule has 1 aromatic carbocycles. The highest BCUT2D eigenvalue weighted by atomic mass is 16.3. The molecule has 3 aromatic rings. The predicted molar refractivity (Wildman–Crippen MR) is 66.3 cm³/mol. The number of fused-ring (bicyclic) bond motifs is 1. The number of benzene rings is 1. The first kappa shape index (κ1) is 10.6. The number of nitrogens with one attached hydrogen (secondary N) is 3. The number of aryl methyl sites for hydroxylation is 1. The Morgan fingerprint density at radius 3 is 2.89 bits per heavy atom. The van der Waals surface area contributed by atoms with Gasteiger partial charge in [0.1, 0.15) is 16.8 Å². The summed E-state index contributed by atoms with van der Waals surface area (Å²) in [6, 6.07) is 9.37. The molecule has 3 N–H and O–H groups in total. The molecule has 0 fully saturated rings. The average molecular weight is 242 g/mol. The third kappa shape index (κ3) is 1.75. The third-order valence-corrected chi connectivity index (χ3v) is 2.79. The Bertz CT molecular complexity index is 679. The summed E-state index contributed by atoms with van der Waals surface area (Å²) in [5.41, 5.74) is 2.41. The molecule has 0 aliphatic heterocycles. The second-order valence-corrected chi connectivity index (χ2v) is 4.02. The molecule has 2 heterocycles. The maximum absolute atomic E-state index is 12.0. The maximum Gasteiger partial charge on any atom is 0.361 e. The first-order valence-corrected chi connectivity index (χ1v) is 5.59. The average Bonchev–Trinajstić information content (AvgIpc) is 2.94. The van der Waals surface area contributed by atoms with E-state index in [1.165, 1.54) is 6.26 Å². The molecule has 0 aliphatic carbocycles. The number of amides is 1. The minimum Gasteiger partial charge on any atom is -0.469 e. The topological polar surface area (TPSA) is 72.2 Å². The summed E-state index contributed by atoms with van der Waals surface area (Å²) in [4.78, 5) is 18.1. The van der Waals surface area contributed by atoms with Gasteiger partial charge in [0.15, 0.2) is 0 Å². The summed E-state index contributed by atoms with van der Waals surface area (Å²) in [5.74, 6) is 0.953. The van der Waals surface area contributed by atoms with Crippen molar-refractivity contribution in [2.24, 2.45) is 0 Å². The van der Waals surface area contributed by atoms with E-state index in [0.29, 0.717) is 17.3 Å². The molecule has 0 aliphatic rings. The number of anilines is 1. The zero-order valence-electron chi connectivity index (χ0n) is 9.78. The Hall–Kier alpha value is -2.56. The molecule has 0 atom stereocenters. The van der Waals surface area contributed by atoms with Crippen molar-refractivity contribution in [2.75, 3.05) is 5.32 Å². The molecule has 90 valence electrons. The molecule has 2 aromatic heterocycles. The van der Waals surface area contributed by atoms with Gasteiger partial charge in [0.2, 0.25) is 0 Å². The summed E-state index contributed by atoms with van der Waals surface area (Å²) >= 11 is 0. The van der Waals surface area contributed by atoms with E-state index < -0.39 is 0 Å². The van der Waals surface area contributed by atoms with Gasteiger partial charge in [0.05, 0.1) is 11.8 Å². The van der Waals surface area contributed by atoms with Gasteiger partial charge in [-0.25, -0.2) is 15.3 Å². The quantitative estimate of drug-likeness (QED) is 0.722. The summed E-state index contributed by atoms with van der Waals surface area (Å²) in [7, 11) is 0. The SMILES string of the molecule is Cc1occc1C(=O)Nc1[nH]c2ccccc2[nH+]1. The highest BCUT2D eigenvalue weighted by molar-refractivity contribution is 6.03. The molecule has 0 unspecified atom stereocenters. The van der Waals surface area contributed by atoms with Crippen LogP contribution in [0, 0.1) is 6.92 Å². The van der Waals surface area contributed by atoms with Gasteiger partial charge in [0.25, 0.3) is 0 Å². The van der Waals surface area contributed by atoms with E-state index >= 15 is 0 Å². The summed E-state index contributed by atoms with van der Waals surface area (Å²) in [5, 5.41) is 2.76. The van der Waals surface area contributed by atoms with Crippen LogP contribution in [0.2, 0.25) is 0 Å². The first-order chi connectivity index (χ1) is 8.74. The van der Waals surface area contributed by atoms with Gasteiger partial charge >= 0.3 is 11.9 Å². The van der Waals surface area contributed by atoms with Crippen molar-refractivity contribution in [3.63, 3.8) is 0 Å². The number of para-hydroxylation sites is 2. The molecule has 0 radical (unpaired) electrons. The standard InChI is InChI=1S/C13H11N3O2/c1-8-9(6-7-18-8)12(17)16-13-14-10-4-2-3-5-11(10)15-13/h2-7H,1H3,(H2,14,15,16,17)/p+1. The maximum atomic E-state index is 12.0. The lowest BCUT2D eigenvalue weighted by molar-refractivity contribution is -0.326. The van der Waals surface area contributed by atoms with E-state index in [2.05, 4.69) is 15.3 Å². The molecule has 18 heavy (non-hydrogen) atoms. The second-order valence-electron chi connectivity index (χ2n) is 4.02. The van der Waals surface area contributed by atoms with Crippen molar-refractivity contribution in [1.82, 2.24) is 4.98 Å². The molecule has 5 nitrogen and oxygen atoms in total. The number of carbonyl (C=O) groups excluding carboxylic acids is 1. The van der Waals surface area contributed by atoms with Crippen molar-refractivity contribution >= 4 is 22.9 Å². The number of furan rings is 1. The van der Waals surface area contributed by atoms with E-state index in [9.17, 15) is 4.79 Å². The molecule has 5 heteroatoms. The van der Waals surface area contributed by atoms with Crippen molar-refractivity contribution in [3.05, 3.63) is 47.9 Å². The monoisotopic (exact) mass is 242 g/mol. The molecular formula is C13H12N3O2+. The lowest BCUT2D eigenvalue weighted by atomic mass is 10.2. The number of aromatic amines is 2. The molecular weight excluding hydrogens is 230 g/mol. The van der Waals surface area contributed by atoms with Crippen molar-refractivity contribution < 1.29 is 14.2 Å². The predicted octanol–water partition coefficient (Wildman–Crippen LogP) is 2.14. The lowest BCUT2D eigenvalue weighted by Crippen LogP contribution is -2.18. The minimum atomic E-state index is -0.205. The van der Waals surface area contributed by atoms with Crippen LogP contribution in [0.3, 0.4) is 0 Å². The van der Waals surface area contributed by atoms with Crippen LogP contribution in [0.1, 0.15) is 16.1 Å². The second kappa shape index (κ2) is 4.03. The third-order valence-electron chi connectivity index (χ3n) is 2.79. The van der Waals surface area contributed by atoms with E-state index in [-0.39, 0.29) is 5.91 Å². The van der Waals surface area contributed by atoms with Crippen LogP contribution in [0.15, 0.2) is 41.0 Å². The Labute approximate surface area is 103 Å². The molecule has 0 spiro atoms. The van der Waals surface area contributed by atoms with E-state index in [4.69, 9.17) is 4.42 Å². The van der Waals surface area contributed by atoms with Gasteiger partial charge in [-0.15, -0.1) is 0 Å². The largest absolute Gasteiger partial charge is 0.469 e. The van der Waals surface area contributed by atoms with Gasteiger partial charge in [0, 0.05) is 0 Å². The molecule has 0 saturated carbocycles. The van der Waals surface area contributed by atoms with E-state index in [1.807, 2.05) is 24.3 Å². The highest BCUT2D eigenvalue weighted by Gasteiger charge is 2.17. The van der Waals surface area contributed by atoms with Crippen molar-refractivity contribution in [1.29, 1.82) is 0 Å². The fourth-order valence-electron chi connectivity index (χ4n) is 1.87. The smallest absolute Gasteiger partial charge is 0.361 e. The van der Waals surface area contributed by atoms with Crippen LogP contribution < -0.4 is 10.3 Å². The number of hydrogen-bond acceptors (Lipinski definition) is 2. The number of carbonyl (C=O) groups is 1. The van der Waals surface area contributed by atoms with Gasteiger partial charge < -0.3 is 4.42 Å². The Kier molecular flexibility index (Phi) is 2.37. The number of rotatable bonds is 2. The number of hydrogen-bond donors (Lipinski definition) is 2. The van der Waals surface area contributed by atoms with E-state index in [0.717, 1.165) is 11.0 Å². The summed E-state index contributed by atoms with van der Waals surface area (Å²) in [6.45, 7) is 1.75. The van der Waals surface area contributed by atoms with Crippen LogP contribution in [0.5, 0.6) is 0 Å². The normalized spacial score (nSPS) is 10.7. The highest BCUT2D eigenvalue weighted by Crippen LogP contribution is 2.12. The molecule has 0 bridgehead atoms. The van der Waals surface area contributed by atoms with Crippen LogP contribution in [-0.4, -0.2) is 10.9 Å². The van der Waals surface area contributed by atoms with Crippen LogP contribution in [0.25, 0.3) is 11.0 Å². The van der Waals surface area contributed by atoms with Gasteiger partial charge in [-0.1, -0.05) is 12.1 Å². The van der Waals surface area contributed by atoms with Crippen LogP contribution in [-0.2, 0) is 0 Å². The summed E-state index contributed by atoms with van der Waals surface area (Å²) < 4.78 is 5.10. The number of H-pyrrole nitrogens is 2. The minimum absolute atomic E-state index is 0.205. The van der Waals surface area contributed by atoms with Gasteiger partial charge in [-0.2, -0.15) is 0 Å². The molecule has 3 rings (SSSR count). The van der Waals surface area contributed by atoms with Crippen molar-refractivity contribution in [3.8, 4) is 0 Å². The van der Waals surface area contributed by atoms with Crippen molar-refractivity contribution in [2.45, 2.75) is 6.92 Å². The Balaban J connectivity index is 1.88. The zero-order chi connectivity index (χ0) is 12.5. The number of aromatic nitrogens is 2. The first-order valence-electron chi connectivity index (χ1n) is 5.59. The fourth-order valence-corrected chi connectivity index (χ4v) is 1.87. The van der Waals surface area contributed by atoms with Crippen LogP contribution >= 0.6 is 0 Å². The Morgan fingerprint density at radius 2 is 2.17 bits per heavy atom. The molecule has 1 amide bonds. The summed E-state index contributed by atoms with van der Waals surface area (Å²) in [6.07, 6.45) is 1.50. The Morgan fingerprint density at radius 1 is 1.33 bits per heavy atom. The lowest BCUT2D eigenvalue weighted by Gasteiger charge is -1.93. The van der Waals surface area contributed by atoms with E-state index in [1.54, 1.807) is 13.0 Å². The van der Waals surface area contributed by atoms with Crippen LogP contribution in [0.4, 0.5) is 5.95 Å². The zero-order valence-corrected chi connectivity index (χ0v) is 9.78.